The van der Waals surface area contributed by atoms with E-state index < -0.39 is 15.8 Å². The number of sulfone groups is 1. The van der Waals surface area contributed by atoms with E-state index in [0.717, 1.165) is 0 Å². The van der Waals surface area contributed by atoms with Crippen molar-refractivity contribution < 1.29 is 27.8 Å². The fourth-order valence-electron chi connectivity index (χ4n) is 1.67. The monoisotopic (exact) mass is 336 g/mol. The molecule has 1 aromatic carbocycles. The number of hydrogen-bond donors (Lipinski definition) is 1. The Morgan fingerprint density at radius 2 is 2.00 bits per heavy atom. The predicted molar refractivity (Wildman–Crippen MR) is 79.4 cm³/mol. The summed E-state index contributed by atoms with van der Waals surface area (Å²) in [5, 5.41) is 8.98. The number of ether oxygens (including phenoxy) is 2. The largest absolute Gasteiger partial charge is 0.493 e. The van der Waals surface area contributed by atoms with Crippen LogP contribution >= 0.6 is 11.6 Å². The van der Waals surface area contributed by atoms with Gasteiger partial charge >= 0.3 is 5.97 Å². The zero-order valence-corrected chi connectivity index (χ0v) is 13.3. The van der Waals surface area contributed by atoms with Crippen LogP contribution in [0, 0.1) is 0 Å². The normalized spacial score (nSPS) is 11.2. The molecule has 1 aromatic rings. The summed E-state index contributed by atoms with van der Waals surface area (Å²) >= 11 is 5.95. The maximum atomic E-state index is 11.6. The van der Waals surface area contributed by atoms with Gasteiger partial charge in [0.25, 0.3) is 0 Å². The molecule has 0 saturated carbocycles. The lowest BCUT2D eigenvalue weighted by Gasteiger charge is -2.13. The van der Waals surface area contributed by atoms with Gasteiger partial charge < -0.3 is 14.6 Å². The zero-order chi connectivity index (χ0) is 16.0. The smallest absolute Gasteiger partial charge is 0.335 e. The molecule has 1 N–H and O–H groups in total. The van der Waals surface area contributed by atoms with Gasteiger partial charge in [0.05, 0.1) is 29.2 Å². The van der Waals surface area contributed by atoms with E-state index in [1.165, 1.54) is 19.2 Å². The van der Waals surface area contributed by atoms with Crippen LogP contribution in [0.2, 0.25) is 5.02 Å². The van der Waals surface area contributed by atoms with Crippen LogP contribution in [-0.4, -0.2) is 44.7 Å². The summed E-state index contributed by atoms with van der Waals surface area (Å²) in [4.78, 5) is 10.9. The Labute approximate surface area is 128 Å². The first-order chi connectivity index (χ1) is 9.80. The van der Waals surface area contributed by atoms with Gasteiger partial charge in [-0.2, -0.15) is 0 Å². The number of rotatable bonds is 8. The van der Waals surface area contributed by atoms with Crippen molar-refractivity contribution in [2.24, 2.45) is 0 Å². The lowest BCUT2D eigenvalue weighted by Crippen LogP contribution is -2.17. The molecule has 0 unspecified atom stereocenters. The number of benzene rings is 1. The molecule has 0 heterocycles. The average Bonchev–Trinajstić information content (AvgIpc) is 2.39. The van der Waals surface area contributed by atoms with Crippen molar-refractivity contribution in [2.45, 2.75) is 13.3 Å². The summed E-state index contributed by atoms with van der Waals surface area (Å²) in [6.45, 7) is 1.70. The highest BCUT2D eigenvalue weighted by Crippen LogP contribution is 2.36. The Hall–Kier alpha value is -1.47. The number of hydrogen-bond acceptors (Lipinski definition) is 5. The van der Waals surface area contributed by atoms with E-state index in [-0.39, 0.29) is 40.2 Å². The fourth-order valence-corrected chi connectivity index (χ4v) is 3.10. The molecule has 0 radical (unpaired) electrons. The molecule has 0 aliphatic rings. The lowest BCUT2D eigenvalue weighted by atomic mass is 10.2. The molecule has 118 valence electrons. The Morgan fingerprint density at radius 3 is 2.52 bits per heavy atom. The number of aromatic carboxylic acids is 1. The van der Waals surface area contributed by atoms with Gasteiger partial charge in [-0.15, -0.1) is 0 Å². The molecule has 0 fully saturated rings. The molecule has 0 saturated heterocycles. The molecule has 6 nitrogen and oxygen atoms in total. The van der Waals surface area contributed by atoms with Gasteiger partial charge in [0.1, 0.15) is 6.61 Å². The van der Waals surface area contributed by atoms with Crippen LogP contribution in [0.15, 0.2) is 12.1 Å². The second kappa shape index (κ2) is 7.51. The molecule has 0 amide bonds. The van der Waals surface area contributed by atoms with Crippen LogP contribution in [0.3, 0.4) is 0 Å². The van der Waals surface area contributed by atoms with Crippen molar-refractivity contribution in [3.8, 4) is 11.5 Å². The van der Waals surface area contributed by atoms with Crippen LogP contribution in [0.25, 0.3) is 0 Å². The maximum Gasteiger partial charge on any atom is 0.335 e. The van der Waals surface area contributed by atoms with Gasteiger partial charge in [0, 0.05) is 0 Å². The van der Waals surface area contributed by atoms with E-state index >= 15 is 0 Å². The second-order valence-electron chi connectivity index (χ2n) is 4.29. The maximum absolute atomic E-state index is 11.6. The standard InChI is InChI=1S/C13H17ClO6S/c1-3-5-21(17,18)6-4-20-12-10(14)7-9(13(15)16)8-11(12)19-2/h7-8H,3-6H2,1-2H3,(H,15,16). The number of carboxylic acid groups (broad SMARTS) is 1. The minimum Gasteiger partial charge on any atom is -0.493 e. The lowest BCUT2D eigenvalue weighted by molar-refractivity contribution is 0.0696. The molecule has 0 aliphatic carbocycles. The van der Waals surface area contributed by atoms with Crippen LogP contribution in [-0.2, 0) is 9.84 Å². The quantitative estimate of drug-likeness (QED) is 0.783. The third-order valence-corrected chi connectivity index (χ3v) is 4.73. The average molecular weight is 337 g/mol. The summed E-state index contributed by atoms with van der Waals surface area (Å²) in [7, 11) is -1.81. The molecule has 1 rings (SSSR count). The molecule has 0 aliphatic heterocycles. The number of carbonyl (C=O) groups is 1. The van der Waals surface area contributed by atoms with Crippen molar-refractivity contribution in [3.63, 3.8) is 0 Å². The first-order valence-electron chi connectivity index (χ1n) is 6.24. The minimum atomic E-state index is -3.16. The van der Waals surface area contributed by atoms with Crippen molar-refractivity contribution in [1.82, 2.24) is 0 Å². The Morgan fingerprint density at radius 1 is 1.33 bits per heavy atom. The summed E-state index contributed by atoms with van der Waals surface area (Å²) in [5.74, 6) is -0.906. The number of halogens is 1. The highest BCUT2D eigenvalue weighted by molar-refractivity contribution is 7.91. The molecular formula is C13H17ClO6S. The molecule has 8 heteroatoms. The molecule has 0 atom stereocenters. The van der Waals surface area contributed by atoms with Gasteiger partial charge in [0.15, 0.2) is 21.3 Å². The van der Waals surface area contributed by atoms with Crippen LogP contribution in [0.1, 0.15) is 23.7 Å². The van der Waals surface area contributed by atoms with E-state index in [9.17, 15) is 13.2 Å². The molecule has 21 heavy (non-hydrogen) atoms. The van der Waals surface area contributed by atoms with Crippen molar-refractivity contribution in [2.75, 3.05) is 25.2 Å². The van der Waals surface area contributed by atoms with Gasteiger partial charge in [0.2, 0.25) is 0 Å². The Bertz CT molecular complexity index is 611. The molecule has 0 spiro atoms. The summed E-state index contributed by atoms with van der Waals surface area (Å²) < 4.78 is 33.5. The zero-order valence-electron chi connectivity index (χ0n) is 11.8. The molecular weight excluding hydrogens is 320 g/mol. The predicted octanol–water partition coefficient (Wildman–Crippen LogP) is 2.25. The highest BCUT2D eigenvalue weighted by Gasteiger charge is 2.16. The van der Waals surface area contributed by atoms with E-state index in [1.54, 1.807) is 6.92 Å². The first kappa shape index (κ1) is 17.6. The summed E-state index contributed by atoms with van der Waals surface area (Å²) in [6, 6.07) is 2.49. The minimum absolute atomic E-state index is 0.0391. The van der Waals surface area contributed by atoms with Crippen molar-refractivity contribution in [1.29, 1.82) is 0 Å². The van der Waals surface area contributed by atoms with Crippen LogP contribution in [0.5, 0.6) is 11.5 Å². The van der Waals surface area contributed by atoms with Crippen molar-refractivity contribution in [3.05, 3.63) is 22.7 Å². The van der Waals surface area contributed by atoms with Crippen molar-refractivity contribution >= 4 is 27.4 Å². The number of carboxylic acids is 1. The highest BCUT2D eigenvalue weighted by atomic mass is 35.5. The van der Waals surface area contributed by atoms with Gasteiger partial charge in [-0.1, -0.05) is 18.5 Å². The van der Waals surface area contributed by atoms with Crippen LogP contribution < -0.4 is 9.47 Å². The van der Waals surface area contributed by atoms with E-state index in [4.69, 9.17) is 26.2 Å². The van der Waals surface area contributed by atoms with Crippen LogP contribution in [0.4, 0.5) is 0 Å². The van der Waals surface area contributed by atoms with Gasteiger partial charge in [-0.25, -0.2) is 13.2 Å². The van der Waals surface area contributed by atoms with Gasteiger partial charge in [-0.3, -0.25) is 0 Å². The fraction of sp³-hybridized carbons (Fsp3) is 0.462. The van der Waals surface area contributed by atoms with E-state index in [2.05, 4.69) is 0 Å². The molecule has 0 aromatic heterocycles. The summed E-state index contributed by atoms with van der Waals surface area (Å²) in [6.07, 6.45) is 0.541. The van der Waals surface area contributed by atoms with Gasteiger partial charge in [-0.05, 0) is 18.6 Å². The van der Waals surface area contributed by atoms with E-state index in [1.807, 2.05) is 0 Å². The topological polar surface area (TPSA) is 89.9 Å². The molecule has 0 bridgehead atoms. The third-order valence-electron chi connectivity index (χ3n) is 2.63. The number of methoxy groups -OCH3 is 1. The summed E-state index contributed by atoms with van der Waals surface area (Å²) in [5.41, 5.74) is -0.0391. The Kier molecular flexibility index (Phi) is 6.29. The third kappa shape index (κ3) is 5.09. The SMILES string of the molecule is CCCS(=O)(=O)CCOc1c(Cl)cc(C(=O)O)cc1OC. The first-order valence-corrected chi connectivity index (χ1v) is 8.44. The Balaban J connectivity index is 2.86. The second-order valence-corrected chi connectivity index (χ2v) is 7.01. The van der Waals surface area contributed by atoms with E-state index in [0.29, 0.717) is 6.42 Å².